The molecule has 0 aliphatic heterocycles. The van der Waals surface area contributed by atoms with Crippen molar-refractivity contribution in [1.82, 2.24) is 0 Å². The number of hydrogen-bond acceptors (Lipinski definition) is 4. The lowest BCUT2D eigenvalue weighted by Gasteiger charge is -2.14. The number of non-ortho nitro benzene ring substituents is 1. The standard InChI is InChI=1S/C26H16Cl2N2O3/c27-21-10-8-19(25(28)14-21)16-33-26-11-9-17-4-1-2-7-23(17)24(26)13-20(15-29)18-5-3-6-22(12-18)30(31)32/h1-14H,16H2. The van der Waals surface area contributed by atoms with Gasteiger partial charge in [0.1, 0.15) is 12.4 Å². The highest BCUT2D eigenvalue weighted by atomic mass is 35.5. The Hall–Kier alpha value is -3.85. The number of rotatable bonds is 6. The fourth-order valence-electron chi connectivity index (χ4n) is 3.46. The van der Waals surface area contributed by atoms with Crippen LogP contribution >= 0.6 is 23.2 Å². The van der Waals surface area contributed by atoms with E-state index in [-0.39, 0.29) is 17.9 Å². The van der Waals surface area contributed by atoms with E-state index in [1.165, 1.54) is 12.1 Å². The molecule has 4 aromatic rings. The number of fused-ring (bicyclic) bond motifs is 1. The zero-order valence-corrected chi connectivity index (χ0v) is 18.7. The molecule has 0 bridgehead atoms. The smallest absolute Gasteiger partial charge is 0.270 e. The van der Waals surface area contributed by atoms with Crippen molar-refractivity contribution < 1.29 is 9.66 Å². The molecule has 0 atom stereocenters. The molecule has 7 heteroatoms. The molecule has 0 amide bonds. The number of hydrogen-bond donors (Lipinski definition) is 0. The van der Waals surface area contributed by atoms with Crippen LogP contribution in [0.3, 0.4) is 0 Å². The van der Waals surface area contributed by atoms with Crippen LogP contribution in [0.5, 0.6) is 5.75 Å². The minimum Gasteiger partial charge on any atom is -0.488 e. The molecular weight excluding hydrogens is 459 g/mol. The van der Waals surface area contributed by atoms with Gasteiger partial charge in [0.25, 0.3) is 5.69 Å². The fraction of sp³-hybridized carbons (Fsp3) is 0.0385. The van der Waals surface area contributed by atoms with Crippen molar-refractivity contribution >= 4 is 51.3 Å². The summed E-state index contributed by atoms with van der Waals surface area (Å²) in [5.74, 6) is 0.554. The molecule has 4 aromatic carbocycles. The summed E-state index contributed by atoms with van der Waals surface area (Å²) in [7, 11) is 0. The molecule has 0 spiro atoms. The molecule has 162 valence electrons. The Morgan fingerprint density at radius 3 is 2.61 bits per heavy atom. The maximum absolute atomic E-state index is 11.2. The largest absolute Gasteiger partial charge is 0.488 e. The first-order valence-electron chi connectivity index (χ1n) is 9.91. The second-order valence-corrected chi connectivity index (χ2v) is 8.04. The van der Waals surface area contributed by atoms with E-state index in [1.54, 1.807) is 36.4 Å². The van der Waals surface area contributed by atoms with Crippen LogP contribution in [0.2, 0.25) is 10.0 Å². The lowest BCUT2D eigenvalue weighted by molar-refractivity contribution is -0.384. The van der Waals surface area contributed by atoms with Gasteiger partial charge >= 0.3 is 0 Å². The predicted octanol–water partition coefficient (Wildman–Crippen LogP) is 7.70. The SMILES string of the molecule is N#CC(=Cc1c(OCc2ccc(Cl)cc2Cl)ccc2ccccc12)c1cccc([N+](=O)[O-])c1. The first-order valence-corrected chi connectivity index (χ1v) is 10.7. The lowest BCUT2D eigenvalue weighted by atomic mass is 9.98. The third-order valence-electron chi connectivity index (χ3n) is 5.11. The zero-order chi connectivity index (χ0) is 23.4. The minimum atomic E-state index is -0.485. The summed E-state index contributed by atoms with van der Waals surface area (Å²) in [6, 6.07) is 24.8. The molecule has 0 aliphatic rings. The van der Waals surface area contributed by atoms with Crippen molar-refractivity contribution in [1.29, 1.82) is 5.26 Å². The Labute approximate surface area is 200 Å². The van der Waals surface area contributed by atoms with E-state index >= 15 is 0 Å². The van der Waals surface area contributed by atoms with Crippen LogP contribution in [-0.4, -0.2) is 4.92 Å². The summed E-state index contributed by atoms with van der Waals surface area (Å²) in [5.41, 5.74) is 2.11. The van der Waals surface area contributed by atoms with Crippen molar-refractivity contribution in [3.8, 4) is 11.8 Å². The first kappa shape index (κ1) is 22.3. The molecule has 5 nitrogen and oxygen atoms in total. The molecule has 33 heavy (non-hydrogen) atoms. The molecule has 0 saturated carbocycles. The van der Waals surface area contributed by atoms with Gasteiger partial charge in [0, 0.05) is 33.3 Å². The van der Waals surface area contributed by atoms with Crippen molar-refractivity contribution in [2.75, 3.05) is 0 Å². The zero-order valence-electron chi connectivity index (χ0n) is 17.2. The van der Waals surface area contributed by atoms with Gasteiger partial charge in [-0.25, -0.2) is 0 Å². The van der Waals surface area contributed by atoms with Gasteiger partial charge in [-0.3, -0.25) is 10.1 Å². The van der Waals surface area contributed by atoms with Crippen molar-refractivity contribution in [2.45, 2.75) is 6.61 Å². The first-order chi connectivity index (χ1) is 16.0. The summed E-state index contributed by atoms with van der Waals surface area (Å²) in [6.07, 6.45) is 1.69. The van der Waals surface area contributed by atoms with Crippen LogP contribution in [0.1, 0.15) is 16.7 Å². The normalized spacial score (nSPS) is 11.2. The second-order valence-electron chi connectivity index (χ2n) is 7.20. The molecule has 0 radical (unpaired) electrons. The summed E-state index contributed by atoms with van der Waals surface area (Å²) in [6.45, 7) is 0.202. The number of nitrogens with zero attached hydrogens (tertiary/aromatic N) is 2. The van der Waals surface area contributed by atoms with Crippen LogP contribution in [-0.2, 0) is 6.61 Å². The van der Waals surface area contributed by atoms with E-state index in [0.717, 1.165) is 16.3 Å². The molecule has 0 unspecified atom stereocenters. The highest BCUT2D eigenvalue weighted by Crippen LogP contribution is 2.33. The maximum atomic E-state index is 11.2. The number of ether oxygens (including phenoxy) is 1. The quantitative estimate of drug-likeness (QED) is 0.124. The van der Waals surface area contributed by atoms with Gasteiger partial charge in [-0.1, -0.05) is 71.7 Å². The van der Waals surface area contributed by atoms with E-state index in [2.05, 4.69) is 6.07 Å². The molecule has 0 aromatic heterocycles. The molecule has 0 heterocycles. The Bertz CT molecular complexity index is 1440. The van der Waals surface area contributed by atoms with E-state index in [1.807, 2.05) is 36.4 Å². The average Bonchev–Trinajstić information content (AvgIpc) is 2.82. The Morgan fingerprint density at radius 1 is 1.03 bits per heavy atom. The van der Waals surface area contributed by atoms with E-state index in [0.29, 0.717) is 26.9 Å². The average molecular weight is 475 g/mol. The van der Waals surface area contributed by atoms with Gasteiger partial charge < -0.3 is 4.74 Å². The van der Waals surface area contributed by atoms with E-state index < -0.39 is 4.92 Å². The third kappa shape index (κ3) is 4.98. The Kier molecular flexibility index (Phi) is 6.60. The molecular formula is C26H16Cl2N2O3. The van der Waals surface area contributed by atoms with Gasteiger partial charge in [-0.2, -0.15) is 5.26 Å². The maximum Gasteiger partial charge on any atom is 0.270 e. The molecule has 0 saturated heterocycles. The minimum absolute atomic E-state index is 0.0829. The van der Waals surface area contributed by atoms with Crippen molar-refractivity contribution in [3.05, 3.63) is 116 Å². The third-order valence-corrected chi connectivity index (χ3v) is 5.69. The van der Waals surface area contributed by atoms with Gasteiger partial charge in [-0.05, 0) is 40.6 Å². The highest BCUT2D eigenvalue weighted by Gasteiger charge is 2.13. The van der Waals surface area contributed by atoms with Crippen LogP contribution in [0, 0.1) is 21.4 Å². The Morgan fingerprint density at radius 2 is 1.85 bits per heavy atom. The van der Waals surface area contributed by atoms with E-state index in [9.17, 15) is 15.4 Å². The van der Waals surface area contributed by atoms with Gasteiger partial charge in [0.15, 0.2) is 0 Å². The highest BCUT2D eigenvalue weighted by molar-refractivity contribution is 6.35. The monoisotopic (exact) mass is 474 g/mol. The topological polar surface area (TPSA) is 76.2 Å². The van der Waals surface area contributed by atoms with E-state index in [4.69, 9.17) is 27.9 Å². The summed E-state index contributed by atoms with van der Waals surface area (Å²) in [4.78, 5) is 10.7. The van der Waals surface area contributed by atoms with Crippen molar-refractivity contribution in [2.24, 2.45) is 0 Å². The number of halogens is 2. The fourth-order valence-corrected chi connectivity index (χ4v) is 3.92. The summed E-state index contributed by atoms with van der Waals surface area (Å²) >= 11 is 12.3. The van der Waals surface area contributed by atoms with Crippen LogP contribution in [0.25, 0.3) is 22.4 Å². The number of nitriles is 1. The lowest BCUT2D eigenvalue weighted by Crippen LogP contribution is -1.99. The molecule has 0 aliphatic carbocycles. The van der Waals surface area contributed by atoms with Crippen LogP contribution < -0.4 is 4.74 Å². The van der Waals surface area contributed by atoms with Gasteiger partial charge in [0.2, 0.25) is 0 Å². The second kappa shape index (κ2) is 9.74. The predicted molar refractivity (Wildman–Crippen MR) is 131 cm³/mol. The summed E-state index contributed by atoms with van der Waals surface area (Å²) in [5, 5.41) is 23.9. The summed E-state index contributed by atoms with van der Waals surface area (Å²) < 4.78 is 6.11. The number of allylic oxidation sites excluding steroid dienone is 1. The number of nitro groups is 1. The van der Waals surface area contributed by atoms with Gasteiger partial charge in [-0.15, -0.1) is 0 Å². The van der Waals surface area contributed by atoms with Crippen LogP contribution in [0.4, 0.5) is 5.69 Å². The molecule has 0 N–H and O–H groups in total. The Balaban J connectivity index is 1.80. The molecule has 4 rings (SSSR count). The number of benzene rings is 4. The van der Waals surface area contributed by atoms with Crippen LogP contribution in [0.15, 0.2) is 78.9 Å². The van der Waals surface area contributed by atoms with Crippen molar-refractivity contribution in [3.63, 3.8) is 0 Å². The molecule has 0 fully saturated rings. The number of nitro benzene ring substituents is 1. The van der Waals surface area contributed by atoms with Gasteiger partial charge in [0.05, 0.1) is 16.6 Å².